The van der Waals surface area contributed by atoms with Gasteiger partial charge in [0, 0.05) is 25.7 Å². The maximum atomic E-state index is 13.7. The highest BCUT2D eigenvalue weighted by Gasteiger charge is 2.30. The van der Waals surface area contributed by atoms with Gasteiger partial charge in [0.1, 0.15) is 11.4 Å². The predicted octanol–water partition coefficient (Wildman–Crippen LogP) is 4.41. The Labute approximate surface area is 153 Å². The highest BCUT2D eigenvalue weighted by molar-refractivity contribution is 5.68. The Bertz CT molecular complexity index is 631. The fourth-order valence-corrected chi connectivity index (χ4v) is 2.83. The zero-order valence-corrected chi connectivity index (χ0v) is 15.9. The van der Waals surface area contributed by atoms with Crippen LogP contribution in [0, 0.1) is 5.92 Å². The first kappa shape index (κ1) is 20.3. The van der Waals surface area contributed by atoms with Crippen LogP contribution in [0.5, 0.6) is 5.75 Å². The van der Waals surface area contributed by atoms with E-state index in [4.69, 9.17) is 15.2 Å². The van der Waals surface area contributed by atoms with Crippen LogP contribution in [0.1, 0.15) is 46.1 Å². The van der Waals surface area contributed by atoms with Gasteiger partial charge in [0.05, 0.1) is 12.2 Å². The Morgan fingerprint density at radius 2 is 1.85 bits per heavy atom. The normalized spacial score (nSPS) is 16.5. The number of piperidine rings is 1. The van der Waals surface area contributed by atoms with E-state index in [2.05, 4.69) is 0 Å². The Hall–Kier alpha value is -2.05. The lowest BCUT2D eigenvalue weighted by molar-refractivity contribution is 0.0108. The molecule has 0 atom stereocenters. The minimum atomic E-state index is -3.02. The summed E-state index contributed by atoms with van der Waals surface area (Å²) in [6.45, 7) is 7.80. The molecule has 0 saturated carbocycles. The molecular weight excluding hydrogens is 342 g/mol. The lowest BCUT2D eigenvalue weighted by atomic mass is 9.98. The van der Waals surface area contributed by atoms with Crippen molar-refractivity contribution in [2.45, 2.75) is 52.1 Å². The number of anilines is 1. The summed E-state index contributed by atoms with van der Waals surface area (Å²) in [7, 11) is 0. The minimum absolute atomic E-state index is 0.154. The molecule has 1 aromatic carbocycles. The molecule has 5 nitrogen and oxygen atoms in total. The first-order valence-electron chi connectivity index (χ1n) is 8.84. The molecule has 1 aliphatic heterocycles. The number of rotatable bonds is 4. The number of likely N-dealkylation sites (tertiary alicyclic amines) is 1. The Kier molecular flexibility index (Phi) is 5.98. The predicted molar refractivity (Wildman–Crippen MR) is 96.4 cm³/mol. The third-order valence-electron chi connectivity index (χ3n) is 4.22. The number of carbonyl (C=O) groups is 1. The summed E-state index contributed by atoms with van der Waals surface area (Å²) in [5.74, 6) is -2.67. The summed E-state index contributed by atoms with van der Waals surface area (Å²) >= 11 is 0. The highest BCUT2D eigenvalue weighted by Crippen LogP contribution is 2.36. The van der Waals surface area contributed by atoms with E-state index in [9.17, 15) is 13.6 Å². The lowest BCUT2D eigenvalue weighted by Gasteiger charge is -2.33. The Morgan fingerprint density at radius 1 is 1.23 bits per heavy atom. The average Bonchev–Trinajstić information content (AvgIpc) is 2.51. The van der Waals surface area contributed by atoms with Gasteiger partial charge in [-0.25, -0.2) is 13.6 Å². The standard InChI is InChI=1S/C19H28F2N2O3/c1-18(2,3)26-17(24)23-9-7-13(8-10-23)12-25-16-6-5-14(22)11-15(16)19(4,20)21/h5-6,11,13H,7-10,12,22H2,1-4H3. The number of benzene rings is 1. The van der Waals surface area contributed by atoms with Gasteiger partial charge in [0.2, 0.25) is 0 Å². The van der Waals surface area contributed by atoms with Crippen molar-refractivity contribution in [1.29, 1.82) is 0 Å². The molecule has 0 bridgehead atoms. The van der Waals surface area contributed by atoms with Gasteiger partial charge in [-0.15, -0.1) is 0 Å². The zero-order chi connectivity index (χ0) is 19.5. The molecule has 0 aliphatic carbocycles. The molecule has 0 unspecified atom stereocenters. The van der Waals surface area contributed by atoms with Crippen molar-refractivity contribution in [2.75, 3.05) is 25.4 Å². The van der Waals surface area contributed by atoms with Gasteiger partial charge in [-0.2, -0.15) is 0 Å². The van der Waals surface area contributed by atoms with E-state index in [0.29, 0.717) is 19.7 Å². The van der Waals surface area contributed by atoms with E-state index < -0.39 is 11.5 Å². The van der Waals surface area contributed by atoms with Gasteiger partial charge in [0.15, 0.2) is 0 Å². The zero-order valence-electron chi connectivity index (χ0n) is 15.9. The highest BCUT2D eigenvalue weighted by atomic mass is 19.3. The van der Waals surface area contributed by atoms with Crippen LogP contribution in [-0.4, -0.2) is 36.3 Å². The molecular formula is C19H28F2N2O3. The molecule has 146 valence electrons. The molecule has 1 fully saturated rings. The summed E-state index contributed by atoms with van der Waals surface area (Å²) in [4.78, 5) is 13.7. The monoisotopic (exact) mass is 370 g/mol. The second-order valence-electron chi connectivity index (χ2n) is 7.87. The van der Waals surface area contributed by atoms with E-state index in [1.807, 2.05) is 20.8 Å². The van der Waals surface area contributed by atoms with Crippen LogP contribution < -0.4 is 10.5 Å². The van der Waals surface area contributed by atoms with E-state index in [1.165, 1.54) is 12.1 Å². The molecule has 2 rings (SSSR count). The second-order valence-corrected chi connectivity index (χ2v) is 7.87. The van der Waals surface area contributed by atoms with Gasteiger partial charge >= 0.3 is 6.09 Å². The minimum Gasteiger partial charge on any atom is -0.493 e. The van der Waals surface area contributed by atoms with Crippen molar-refractivity contribution in [2.24, 2.45) is 5.92 Å². The number of carbonyl (C=O) groups excluding carboxylic acids is 1. The van der Waals surface area contributed by atoms with E-state index >= 15 is 0 Å². The van der Waals surface area contributed by atoms with E-state index in [1.54, 1.807) is 11.0 Å². The van der Waals surface area contributed by atoms with Crippen LogP contribution in [0.15, 0.2) is 18.2 Å². The number of hydrogen-bond acceptors (Lipinski definition) is 4. The molecule has 1 aliphatic rings. The molecule has 1 heterocycles. The summed E-state index contributed by atoms with van der Waals surface area (Å²) < 4.78 is 38.5. The van der Waals surface area contributed by atoms with Crippen molar-refractivity contribution in [1.82, 2.24) is 4.90 Å². The summed E-state index contributed by atoms with van der Waals surface area (Å²) in [5, 5.41) is 0. The van der Waals surface area contributed by atoms with Crippen molar-refractivity contribution < 1.29 is 23.0 Å². The third-order valence-corrected chi connectivity index (χ3v) is 4.22. The van der Waals surface area contributed by atoms with E-state index in [-0.39, 0.29) is 29.0 Å². The summed E-state index contributed by atoms with van der Waals surface area (Å²) in [6.07, 6.45) is 1.17. The molecule has 0 aromatic heterocycles. The molecule has 26 heavy (non-hydrogen) atoms. The largest absolute Gasteiger partial charge is 0.493 e. The van der Waals surface area contributed by atoms with Crippen molar-refractivity contribution in [3.8, 4) is 5.75 Å². The third kappa shape index (κ3) is 5.75. The number of amides is 1. The summed E-state index contributed by atoms with van der Waals surface area (Å²) in [5.41, 5.74) is 5.16. The van der Waals surface area contributed by atoms with Crippen LogP contribution in [0.4, 0.5) is 19.3 Å². The maximum Gasteiger partial charge on any atom is 0.410 e. The van der Waals surface area contributed by atoms with Crippen molar-refractivity contribution >= 4 is 11.8 Å². The van der Waals surface area contributed by atoms with Crippen molar-refractivity contribution in [3.63, 3.8) is 0 Å². The van der Waals surface area contributed by atoms with Gasteiger partial charge in [0.25, 0.3) is 5.92 Å². The van der Waals surface area contributed by atoms with Crippen molar-refractivity contribution in [3.05, 3.63) is 23.8 Å². The number of alkyl halides is 2. The Morgan fingerprint density at radius 3 is 2.38 bits per heavy atom. The van der Waals surface area contributed by atoms with Crippen LogP contribution >= 0.6 is 0 Å². The molecule has 1 saturated heterocycles. The van der Waals surface area contributed by atoms with Gasteiger partial charge in [-0.05, 0) is 57.7 Å². The van der Waals surface area contributed by atoms with Crippen LogP contribution in [-0.2, 0) is 10.7 Å². The number of nitrogens with zero attached hydrogens (tertiary/aromatic N) is 1. The molecule has 0 radical (unpaired) electrons. The van der Waals surface area contributed by atoms with Gasteiger partial charge in [-0.1, -0.05) is 0 Å². The molecule has 1 amide bonds. The molecule has 7 heteroatoms. The first-order chi connectivity index (χ1) is 12.0. The maximum absolute atomic E-state index is 13.7. The SMILES string of the molecule is CC(C)(C)OC(=O)N1CCC(COc2ccc(N)cc2C(C)(F)F)CC1. The topological polar surface area (TPSA) is 64.8 Å². The number of hydrogen-bond donors (Lipinski definition) is 1. The van der Waals surface area contributed by atoms with Crippen LogP contribution in [0.2, 0.25) is 0 Å². The molecule has 2 N–H and O–H groups in total. The van der Waals surface area contributed by atoms with Gasteiger partial charge < -0.3 is 20.1 Å². The first-order valence-corrected chi connectivity index (χ1v) is 8.84. The second kappa shape index (κ2) is 7.68. The Balaban J connectivity index is 1.89. The number of halogens is 2. The number of ether oxygens (including phenoxy) is 2. The van der Waals surface area contributed by atoms with Crippen LogP contribution in [0.3, 0.4) is 0 Å². The fraction of sp³-hybridized carbons (Fsp3) is 0.632. The smallest absolute Gasteiger partial charge is 0.410 e. The lowest BCUT2D eigenvalue weighted by Crippen LogP contribution is -2.42. The fourth-order valence-electron chi connectivity index (χ4n) is 2.83. The average molecular weight is 370 g/mol. The summed E-state index contributed by atoms with van der Waals surface area (Å²) in [6, 6.07) is 4.29. The van der Waals surface area contributed by atoms with E-state index in [0.717, 1.165) is 19.8 Å². The quantitative estimate of drug-likeness (QED) is 0.798. The van der Waals surface area contributed by atoms with Gasteiger partial charge in [-0.3, -0.25) is 0 Å². The number of nitrogens with two attached hydrogens (primary N) is 1. The van der Waals surface area contributed by atoms with Crippen LogP contribution in [0.25, 0.3) is 0 Å². The molecule has 0 spiro atoms. The number of nitrogen functional groups attached to an aromatic ring is 1. The molecule has 1 aromatic rings.